The van der Waals surface area contributed by atoms with Crippen LogP contribution in [0.4, 0.5) is 9.52 Å². The lowest BCUT2D eigenvalue weighted by atomic mass is 9.97. The van der Waals surface area contributed by atoms with Gasteiger partial charge in [0.2, 0.25) is 11.8 Å². The Labute approximate surface area is 193 Å². The summed E-state index contributed by atoms with van der Waals surface area (Å²) in [5.41, 5.74) is 0.756. The number of thiazole rings is 1. The number of carbonyl (C=O) groups excluding carboxylic acids is 2. The molecule has 3 heterocycles. The third-order valence-electron chi connectivity index (χ3n) is 5.50. The minimum Gasteiger partial charge on any atom is -0.356 e. The van der Waals surface area contributed by atoms with E-state index in [1.165, 1.54) is 34.4 Å². The molecule has 1 aliphatic rings. The van der Waals surface area contributed by atoms with Crippen molar-refractivity contribution in [1.82, 2.24) is 25.2 Å². The molecule has 4 rings (SSSR count). The molecule has 1 aliphatic heterocycles. The Bertz CT molecular complexity index is 1210. The lowest BCUT2D eigenvalue weighted by molar-refractivity contribution is -0.125. The van der Waals surface area contributed by atoms with Gasteiger partial charge in [-0.05, 0) is 37.5 Å². The zero-order valence-electron chi connectivity index (χ0n) is 18.2. The van der Waals surface area contributed by atoms with Crippen LogP contribution in [0, 0.1) is 11.7 Å². The molecule has 0 unspecified atom stereocenters. The van der Waals surface area contributed by atoms with Crippen LogP contribution in [0.15, 0.2) is 35.4 Å². The molecule has 0 radical (unpaired) electrons. The van der Waals surface area contributed by atoms with Gasteiger partial charge in [-0.15, -0.1) is 0 Å². The molecule has 174 valence electrons. The number of amides is 2. The average Bonchev–Trinajstić information content (AvgIpc) is 3.26. The number of carbonyl (C=O) groups is 2. The summed E-state index contributed by atoms with van der Waals surface area (Å²) in [6.07, 6.45) is 3.01. The van der Waals surface area contributed by atoms with E-state index < -0.39 is 0 Å². The van der Waals surface area contributed by atoms with Crippen molar-refractivity contribution in [3.05, 3.63) is 52.3 Å². The summed E-state index contributed by atoms with van der Waals surface area (Å²) in [7, 11) is 0. The standard InChI is InChI=1S/C22H25FN6O3S/c1-2-24-20(31)15-4-3-9-28(11-15)22-27-19-18(33-22)21(32)29(13-26-19)12-17(30)25-10-14-5-7-16(23)8-6-14/h5-8,13,15H,2-4,9-12H2,1H3,(H,24,31)(H,25,30)/t15-/m1/s1. The number of piperidine rings is 1. The van der Waals surface area contributed by atoms with Gasteiger partial charge in [0.05, 0.1) is 5.92 Å². The first-order valence-electron chi connectivity index (χ1n) is 10.8. The lowest BCUT2D eigenvalue weighted by Crippen LogP contribution is -2.43. The van der Waals surface area contributed by atoms with Crippen LogP contribution in [0.25, 0.3) is 10.3 Å². The Balaban J connectivity index is 1.44. The summed E-state index contributed by atoms with van der Waals surface area (Å²) in [6.45, 7) is 3.85. The molecule has 0 aliphatic carbocycles. The zero-order chi connectivity index (χ0) is 23.4. The highest BCUT2D eigenvalue weighted by Gasteiger charge is 2.27. The van der Waals surface area contributed by atoms with Gasteiger partial charge in [-0.3, -0.25) is 19.0 Å². The molecule has 2 amide bonds. The molecule has 3 aromatic rings. The number of halogens is 1. The van der Waals surface area contributed by atoms with Crippen molar-refractivity contribution in [1.29, 1.82) is 0 Å². The van der Waals surface area contributed by atoms with Crippen molar-refractivity contribution in [2.45, 2.75) is 32.9 Å². The first kappa shape index (κ1) is 22.8. The number of benzene rings is 1. The Morgan fingerprint density at radius 2 is 2.03 bits per heavy atom. The van der Waals surface area contributed by atoms with Crippen LogP contribution in [0.3, 0.4) is 0 Å². The van der Waals surface area contributed by atoms with Crippen molar-refractivity contribution < 1.29 is 14.0 Å². The number of hydrogen-bond acceptors (Lipinski definition) is 7. The average molecular weight is 473 g/mol. The van der Waals surface area contributed by atoms with E-state index in [1.807, 2.05) is 11.8 Å². The van der Waals surface area contributed by atoms with Crippen LogP contribution in [-0.2, 0) is 22.7 Å². The first-order chi connectivity index (χ1) is 15.9. The largest absolute Gasteiger partial charge is 0.356 e. The number of aromatic nitrogens is 3. The predicted molar refractivity (Wildman–Crippen MR) is 124 cm³/mol. The quantitative estimate of drug-likeness (QED) is 0.541. The molecule has 33 heavy (non-hydrogen) atoms. The van der Waals surface area contributed by atoms with Crippen molar-refractivity contribution in [2.75, 3.05) is 24.5 Å². The SMILES string of the molecule is CCNC(=O)[C@@H]1CCCN(c2nc3ncn(CC(=O)NCc4ccc(F)cc4)c(=O)c3s2)C1. The smallest absolute Gasteiger partial charge is 0.273 e. The molecule has 2 aromatic heterocycles. The Morgan fingerprint density at radius 1 is 1.24 bits per heavy atom. The highest BCUT2D eigenvalue weighted by Crippen LogP contribution is 2.29. The molecular weight excluding hydrogens is 447 g/mol. The second kappa shape index (κ2) is 10.1. The molecule has 0 bridgehead atoms. The topological polar surface area (TPSA) is 109 Å². The van der Waals surface area contributed by atoms with E-state index in [9.17, 15) is 18.8 Å². The molecule has 1 saturated heterocycles. The van der Waals surface area contributed by atoms with Gasteiger partial charge in [-0.25, -0.2) is 9.37 Å². The maximum absolute atomic E-state index is 13.0. The van der Waals surface area contributed by atoms with Gasteiger partial charge in [0, 0.05) is 26.2 Å². The molecule has 0 saturated carbocycles. The Kier molecular flexibility index (Phi) is 6.97. The van der Waals surface area contributed by atoms with Gasteiger partial charge in [-0.2, -0.15) is 4.98 Å². The van der Waals surface area contributed by atoms with Crippen molar-refractivity contribution in [2.24, 2.45) is 5.92 Å². The molecule has 11 heteroatoms. The van der Waals surface area contributed by atoms with Gasteiger partial charge in [0.15, 0.2) is 10.8 Å². The fraction of sp³-hybridized carbons (Fsp3) is 0.409. The van der Waals surface area contributed by atoms with Gasteiger partial charge in [0.25, 0.3) is 5.56 Å². The van der Waals surface area contributed by atoms with Crippen LogP contribution < -0.4 is 21.1 Å². The van der Waals surface area contributed by atoms with Gasteiger partial charge < -0.3 is 15.5 Å². The number of rotatable bonds is 7. The summed E-state index contributed by atoms with van der Waals surface area (Å²) >= 11 is 1.23. The summed E-state index contributed by atoms with van der Waals surface area (Å²) in [5, 5.41) is 6.24. The van der Waals surface area contributed by atoms with Crippen LogP contribution in [0.5, 0.6) is 0 Å². The minimum absolute atomic E-state index is 0.0374. The van der Waals surface area contributed by atoms with E-state index in [-0.39, 0.29) is 42.2 Å². The van der Waals surface area contributed by atoms with Crippen molar-refractivity contribution in [3.63, 3.8) is 0 Å². The Morgan fingerprint density at radius 3 is 2.79 bits per heavy atom. The molecule has 1 fully saturated rings. The fourth-order valence-corrected chi connectivity index (χ4v) is 4.78. The fourth-order valence-electron chi connectivity index (χ4n) is 3.78. The van der Waals surface area contributed by atoms with E-state index in [4.69, 9.17) is 0 Å². The molecule has 2 N–H and O–H groups in total. The molecule has 0 spiro atoms. The second-order valence-corrected chi connectivity index (χ2v) is 8.89. The molecule has 9 nitrogen and oxygen atoms in total. The third-order valence-corrected chi connectivity index (χ3v) is 6.60. The molecular formula is C22H25FN6O3S. The normalized spacial score (nSPS) is 16.1. The maximum atomic E-state index is 13.0. The predicted octanol–water partition coefficient (Wildman–Crippen LogP) is 1.66. The minimum atomic E-state index is -0.354. The van der Waals surface area contributed by atoms with E-state index in [0.717, 1.165) is 24.9 Å². The van der Waals surface area contributed by atoms with Crippen molar-refractivity contribution >= 4 is 38.6 Å². The van der Waals surface area contributed by atoms with Crippen LogP contribution in [0.2, 0.25) is 0 Å². The van der Waals surface area contributed by atoms with Crippen LogP contribution in [-0.4, -0.2) is 46.0 Å². The number of anilines is 1. The third kappa shape index (κ3) is 5.36. The monoisotopic (exact) mass is 472 g/mol. The van der Waals surface area contributed by atoms with E-state index in [1.54, 1.807) is 12.1 Å². The highest BCUT2D eigenvalue weighted by atomic mass is 32.1. The molecule has 1 aromatic carbocycles. The summed E-state index contributed by atoms with van der Waals surface area (Å²) in [4.78, 5) is 48.2. The van der Waals surface area contributed by atoms with Gasteiger partial charge >= 0.3 is 0 Å². The van der Waals surface area contributed by atoms with Gasteiger partial charge in [-0.1, -0.05) is 23.5 Å². The van der Waals surface area contributed by atoms with E-state index in [2.05, 4.69) is 20.6 Å². The highest BCUT2D eigenvalue weighted by molar-refractivity contribution is 7.22. The number of nitrogens with zero attached hydrogens (tertiary/aromatic N) is 4. The number of fused-ring (bicyclic) bond motifs is 1. The van der Waals surface area contributed by atoms with Gasteiger partial charge in [0.1, 0.15) is 23.4 Å². The zero-order valence-corrected chi connectivity index (χ0v) is 19.0. The summed E-state index contributed by atoms with van der Waals surface area (Å²) in [5.74, 6) is -0.770. The van der Waals surface area contributed by atoms with Crippen LogP contribution in [0.1, 0.15) is 25.3 Å². The maximum Gasteiger partial charge on any atom is 0.273 e. The Hall–Kier alpha value is -3.34. The lowest BCUT2D eigenvalue weighted by Gasteiger charge is -2.31. The van der Waals surface area contributed by atoms with Crippen molar-refractivity contribution in [3.8, 4) is 0 Å². The number of hydrogen-bond donors (Lipinski definition) is 2. The molecule has 1 atom stereocenters. The first-order valence-corrected chi connectivity index (χ1v) is 11.7. The summed E-state index contributed by atoms with van der Waals surface area (Å²) in [6, 6.07) is 5.83. The number of nitrogens with one attached hydrogen (secondary N) is 2. The second-order valence-electron chi connectivity index (χ2n) is 7.91. The van der Waals surface area contributed by atoms with E-state index >= 15 is 0 Å². The summed E-state index contributed by atoms with van der Waals surface area (Å²) < 4.78 is 14.6. The van der Waals surface area contributed by atoms with Crippen LogP contribution >= 0.6 is 11.3 Å². The van der Waals surface area contributed by atoms with E-state index in [0.29, 0.717) is 28.6 Å².